The number of allylic oxidation sites excluding steroid dienone is 1. The molecule has 5 nitrogen and oxygen atoms in total. The van der Waals surface area contributed by atoms with E-state index in [-0.39, 0.29) is 17.9 Å². The monoisotopic (exact) mass is 352 g/mol. The van der Waals surface area contributed by atoms with E-state index >= 15 is 0 Å². The van der Waals surface area contributed by atoms with Gasteiger partial charge in [0.05, 0.1) is 0 Å². The van der Waals surface area contributed by atoms with E-state index in [1.54, 1.807) is 37.3 Å². The number of aryl methyl sites for hydroxylation is 1. The van der Waals surface area contributed by atoms with Gasteiger partial charge >= 0.3 is 5.63 Å². The molecule has 0 spiro atoms. The third-order valence-corrected chi connectivity index (χ3v) is 3.29. The molecule has 5 heteroatoms. The van der Waals surface area contributed by atoms with Crippen molar-refractivity contribution >= 4 is 11.9 Å². The molecule has 0 saturated carbocycles. The number of rotatable bonds is 9. The van der Waals surface area contributed by atoms with Crippen molar-refractivity contribution in [1.82, 2.24) is 0 Å². The molecule has 0 N–H and O–H groups in total. The molecule has 26 heavy (non-hydrogen) atoms. The largest absolute Gasteiger partial charge is 0.490 e. The Kier molecular flexibility index (Phi) is 6.74. The number of hydrogen-bond acceptors (Lipinski definition) is 5. The van der Waals surface area contributed by atoms with Gasteiger partial charge in [-0.05, 0) is 30.7 Å². The summed E-state index contributed by atoms with van der Waals surface area (Å²) in [4.78, 5) is 24.6. The minimum absolute atomic E-state index is 0.146. The van der Waals surface area contributed by atoms with E-state index in [2.05, 4.69) is 13.2 Å². The quantitative estimate of drug-likeness (QED) is 0.388. The first-order valence-electron chi connectivity index (χ1n) is 7.99. The first kappa shape index (κ1) is 19.0. The second-order valence-corrected chi connectivity index (χ2v) is 5.35. The zero-order valence-corrected chi connectivity index (χ0v) is 14.6. The van der Waals surface area contributed by atoms with Crippen LogP contribution in [0.3, 0.4) is 0 Å². The molecule has 0 unspecified atom stereocenters. The average molecular weight is 352 g/mol. The van der Waals surface area contributed by atoms with E-state index in [9.17, 15) is 9.59 Å². The Labute approximate surface area is 151 Å². The normalized spacial score (nSPS) is 10.5. The van der Waals surface area contributed by atoms with Crippen LogP contribution < -0.4 is 15.1 Å². The summed E-state index contributed by atoms with van der Waals surface area (Å²) in [5.41, 5.74) is -0.125. The number of hydrogen-bond donors (Lipinski definition) is 0. The van der Waals surface area contributed by atoms with E-state index in [1.165, 1.54) is 18.2 Å². The molecule has 0 aliphatic heterocycles. The van der Waals surface area contributed by atoms with Crippen LogP contribution in [-0.2, 0) is 0 Å². The molecular formula is C21H20O5. The van der Waals surface area contributed by atoms with Gasteiger partial charge in [0.1, 0.15) is 36.0 Å². The lowest BCUT2D eigenvalue weighted by molar-refractivity contribution is 0.104. The zero-order valence-electron chi connectivity index (χ0n) is 14.6. The molecule has 0 fully saturated rings. The first-order chi connectivity index (χ1) is 12.5. The smallest absolute Gasteiger partial charge is 0.351 e. The van der Waals surface area contributed by atoms with Crippen LogP contribution in [-0.4, -0.2) is 19.0 Å². The van der Waals surface area contributed by atoms with Crippen molar-refractivity contribution in [3.8, 4) is 11.5 Å². The van der Waals surface area contributed by atoms with E-state index in [4.69, 9.17) is 13.9 Å². The molecule has 0 aliphatic rings. The fourth-order valence-corrected chi connectivity index (χ4v) is 2.19. The molecule has 134 valence electrons. The Bertz CT molecular complexity index is 890. The molecule has 0 amide bonds. The zero-order chi connectivity index (χ0) is 18.9. The SMILES string of the molecule is C=CCOc1cccc(C=CC(=O)c2c(OCC=C)cc(C)oc2=O)c1. The van der Waals surface area contributed by atoms with Crippen molar-refractivity contribution in [2.45, 2.75) is 6.92 Å². The van der Waals surface area contributed by atoms with Gasteiger partial charge in [-0.2, -0.15) is 0 Å². The van der Waals surface area contributed by atoms with Crippen LogP contribution in [0.4, 0.5) is 0 Å². The van der Waals surface area contributed by atoms with Gasteiger partial charge in [0, 0.05) is 6.07 Å². The highest BCUT2D eigenvalue weighted by Crippen LogP contribution is 2.19. The molecule has 0 radical (unpaired) electrons. The van der Waals surface area contributed by atoms with E-state index in [1.807, 2.05) is 6.07 Å². The molecule has 1 aromatic carbocycles. The van der Waals surface area contributed by atoms with Crippen LogP contribution in [0, 0.1) is 6.92 Å². The van der Waals surface area contributed by atoms with Gasteiger partial charge in [-0.25, -0.2) is 4.79 Å². The summed E-state index contributed by atoms with van der Waals surface area (Å²) in [5, 5.41) is 0. The summed E-state index contributed by atoms with van der Waals surface area (Å²) in [5.74, 6) is 0.692. The molecule has 2 rings (SSSR count). The number of carbonyl (C=O) groups excluding carboxylic acids is 1. The summed E-state index contributed by atoms with van der Waals surface area (Å²) in [6, 6.07) is 8.72. The Morgan fingerprint density at radius 3 is 2.62 bits per heavy atom. The van der Waals surface area contributed by atoms with E-state index in [0.717, 1.165) is 5.56 Å². The van der Waals surface area contributed by atoms with Crippen LogP contribution in [0.5, 0.6) is 11.5 Å². The van der Waals surface area contributed by atoms with Crippen molar-refractivity contribution in [2.75, 3.05) is 13.2 Å². The summed E-state index contributed by atoms with van der Waals surface area (Å²) in [6.07, 6.45) is 6.07. The second kappa shape index (κ2) is 9.22. The van der Waals surface area contributed by atoms with Crippen LogP contribution >= 0.6 is 0 Å². The van der Waals surface area contributed by atoms with Crippen molar-refractivity contribution in [1.29, 1.82) is 0 Å². The Morgan fingerprint density at radius 2 is 1.88 bits per heavy atom. The maximum absolute atomic E-state index is 12.5. The van der Waals surface area contributed by atoms with Gasteiger partial charge in [-0.3, -0.25) is 4.79 Å². The number of ether oxygens (including phenoxy) is 2. The molecule has 0 atom stereocenters. The van der Waals surface area contributed by atoms with E-state index < -0.39 is 11.4 Å². The Hall–Kier alpha value is -3.34. The topological polar surface area (TPSA) is 65.7 Å². The van der Waals surface area contributed by atoms with Gasteiger partial charge in [-0.15, -0.1) is 0 Å². The lowest BCUT2D eigenvalue weighted by atomic mass is 10.1. The summed E-state index contributed by atoms with van der Waals surface area (Å²) >= 11 is 0. The van der Waals surface area contributed by atoms with Crippen molar-refractivity contribution < 1.29 is 18.7 Å². The van der Waals surface area contributed by atoms with Gasteiger partial charge in [0.15, 0.2) is 5.78 Å². The Balaban J connectivity index is 2.27. The number of benzene rings is 1. The van der Waals surface area contributed by atoms with Crippen molar-refractivity contribution in [3.05, 3.63) is 89.0 Å². The average Bonchev–Trinajstić information content (AvgIpc) is 2.62. The predicted molar refractivity (Wildman–Crippen MR) is 101 cm³/mol. The Morgan fingerprint density at radius 1 is 1.15 bits per heavy atom. The molecule has 1 heterocycles. The van der Waals surface area contributed by atoms with Crippen molar-refractivity contribution in [2.24, 2.45) is 0 Å². The molecule has 2 aromatic rings. The predicted octanol–water partition coefficient (Wildman–Crippen LogP) is 3.97. The van der Waals surface area contributed by atoms with Crippen LogP contribution in [0.15, 0.2) is 70.9 Å². The highest BCUT2D eigenvalue weighted by atomic mass is 16.5. The van der Waals surface area contributed by atoms with Crippen LogP contribution in [0.2, 0.25) is 0 Å². The standard InChI is InChI=1S/C21H20O5/c1-4-11-24-17-8-6-7-16(14-17)9-10-18(22)20-19(25-12-5-2)13-15(3)26-21(20)23/h4-10,13-14H,1-2,11-12H2,3H3. The van der Waals surface area contributed by atoms with Gasteiger partial charge < -0.3 is 13.9 Å². The fraction of sp³-hybridized carbons (Fsp3) is 0.143. The molecule has 1 aromatic heterocycles. The maximum Gasteiger partial charge on any atom is 0.351 e. The third-order valence-electron chi connectivity index (χ3n) is 3.29. The van der Waals surface area contributed by atoms with Gasteiger partial charge in [0.25, 0.3) is 0 Å². The highest BCUT2D eigenvalue weighted by Gasteiger charge is 2.17. The number of ketones is 1. The summed E-state index contributed by atoms with van der Waals surface area (Å²) < 4.78 is 15.9. The minimum Gasteiger partial charge on any atom is -0.490 e. The van der Waals surface area contributed by atoms with Crippen molar-refractivity contribution in [3.63, 3.8) is 0 Å². The summed E-state index contributed by atoms with van der Waals surface area (Å²) in [6.45, 7) is 9.33. The lowest BCUT2D eigenvalue weighted by Crippen LogP contribution is -2.15. The maximum atomic E-state index is 12.5. The molecule has 0 saturated heterocycles. The first-order valence-corrected chi connectivity index (χ1v) is 7.99. The number of carbonyl (C=O) groups is 1. The van der Waals surface area contributed by atoms with E-state index in [0.29, 0.717) is 18.1 Å². The molecule has 0 aliphatic carbocycles. The highest BCUT2D eigenvalue weighted by molar-refractivity contribution is 6.08. The molecule has 0 bridgehead atoms. The molecular weight excluding hydrogens is 332 g/mol. The van der Waals surface area contributed by atoms with Gasteiger partial charge in [0.2, 0.25) is 0 Å². The van der Waals surface area contributed by atoms with Crippen LogP contribution in [0.1, 0.15) is 21.7 Å². The third kappa shape index (κ3) is 5.08. The second-order valence-electron chi connectivity index (χ2n) is 5.35. The minimum atomic E-state index is -0.734. The lowest BCUT2D eigenvalue weighted by Gasteiger charge is -2.07. The van der Waals surface area contributed by atoms with Crippen LogP contribution in [0.25, 0.3) is 6.08 Å². The fourth-order valence-electron chi connectivity index (χ4n) is 2.19. The van der Waals surface area contributed by atoms with Gasteiger partial charge in [-0.1, -0.05) is 43.5 Å². The summed E-state index contributed by atoms with van der Waals surface area (Å²) in [7, 11) is 0.